The standard InChI is InChI=1S/C17H20N2O3/c1-2-6-14-11-15(18-22-14)17(20)19-9-10-21-16(12-19)13-7-4-3-5-8-13/h3-5,7-8,11,16H,2,6,9-10,12H2,1H3. The molecule has 0 bridgehead atoms. The summed E-state index contributed by atoms with van der Waals surface area (Å²) in [7, 11) is 0. The van der Waals surface area contributed by atoms with Gasteiger partial charge in [0.15, 0.2) is 5.69 Å². The summed E-state index contributed by atoms with van der Waals surface area (Å²) in [6.07, 6.45) is 1.69. The summed E-state index contributed by atoms with van der Waals surface area (Å²) in [5.74, 6) is 0.675. The molecule has 1 saturated heterocycles. The van der Waals surface area contributed by atoms with Gasteiger partial charge in [-0.1, -0.05) is 42.4 Å². The van der Waals surface area contributed by atoms with Gasteiger partial charge in [0.05, 0.1) is 13.2 Å². The highest BCUT2D eigenvalue weighted by molar-refractivity contribution is 5.92. The normalized spacial score (nSPS) is 18.4. The van der Waals surface area contributed by atoms with Crippen molar-refractivity contribution >= 4 is 5.91 Å². The van der Waals surface area contributed by atoms with Crippen LogP contribution in [0.3, 0.4) is 0 Å². The van der Waals surface area contributed by atoms with Crippen molar-refractivity contribution in [2.45, 2.75) is 25.9 Å². The second-order valence-electron chi connectivity index (χ2n) is 5.45. The number of rotatable bonds is 4. The maximum absolute atomic E-state index is 12.5. The number of hydrogen-bond acceptors (Lipinski definition) is 4. The lowest BCUT2D eigenvalue weighted by Crippen LogP contribution is -2.42. The molecule has 3 rings (SSSR count). The van der Waals surface area contributed by atoms with Crippen molar-refractivity contribution in [2.24, 2.45) is 0 Å². The summed E-state index contributed by atoms with van der Waals surface area (Å²) in [5, 5.41) is 3.90. The summed E-state index contributed by atoms with van der Waals surface area (Å²) in [5.41, 5.74) is 1.48. The lowest BCUT2D eigenvalue weighted by molar-refractivity contribution is -0.0231. The number of amides is 1. The van der Waals surface area contributed by atoms with Crippen LogP contribution in [0, 0.1) is 0 Å². The van der Waals surface area contributed by atoms with Gasteiger partial charge in [-0.3, -0.25) is 4.79 Å². The molecule has 1 amide bonds. The highest BCUT2D eigenvalue weighted by Gasteiger charge is 2.27. The second kappa shape index (κ2) is 6.75. The zero-order valence-electron chi connectivity index (χ0n) is 12.7. The topological polar surface area (TPSA) is 55.6 Å². The molecule has 0 spiro atoms. The van der Waals surface area contributed by atoms with Crippen LogP contribution < -0.4 is 0 Å². The van der Waals surface area contributed by atoms with Gasteiger partial charge >= 0.3 is 0 Å². The smallest absolute Gasteiger partial charge is 0.276 e. The molecule has 2 heterocycles. The maximum Gasteiger partial charge on any atom is 0.276 e. The van der Waals surface area contributed by atoms with Gasteiger partial charge in [0.1, 0.15) is 11.9 Å². The first-order chi connectivity index (χ1) is 10.8. The molecule has 2 aromatic rings. The number of ether oxygens (including phenoxy) is 1. The van der Waals surface area contributed by atoms with Crippen LogP contribution in [-0.4, -0.2) is 35.7 Å². The first kappa shape index (κ1) is 14.8. The molecule has 1 atom stereocenters. The van der Waals surface area contributed by atoms with Gasteiger partial charge in [-0.05, 0) is 12.0 Å². The summed E-state index contributed by atoms with van der Waals surface area (Å²) in [6.45, 7) is 3.72. The van der Waals surface area contributed by atoms with Crippen molar-refractivity contribution in [3.05, 3.63) is 53.4 Å². The van der Waals surface area contributed by atoms with Crippen molar-refractivity contribution in [2.75, 3.05) is 19.7 Å². The molecule has 22 heavy (non-hydrogen) atoms. The van der Waals surface area contributed by atoms with Crippen LogP contribution in [0.15, 0.2) is 40.9 Å². The Morgan fingerprint density at radius 2 is 2.18 bits per heavy atom. The van der Waals surface area contributed by atoms with Crippen LogP contribution >= 0.6 is 0 Å². The largest absolute Gasteiger partial charge is 0.370 e. The van der Waals surface area contributed by atoms with E-state index in [0.717, 1.165) is 24.2 Å². The summed E-state index contributed by atoms with van der Waals surface area (Å²) in [6, 6.07) is 11.7. The molecule has 0 N–H and O–H groups in total. The first-order valence-electron chi connectivity index (χ1n) is 7.69. The molecule has 0 saturated carbocycles. The number of carbonyl (C=O) groups excluding carboxylic acids is 1. The fourth-order valence-corrected chi connectivity index (χ4v) is 2.64. The first-order valence-corrected chi connectivity index (χ1v) is 7.69. The van der Waals surface area contributed by atoms with Crippen molar-refractivity contribution in [1.29, 1.82) is 0 Å². The van der Waals surface area contributed by atoms with Gasteiger partial charge in [-0.2, -0.15) is 0 Å². The van der Waals surface area contributed by atoms with E-state index in [1.54, 1.807) is 11.0 Å². The molecule has 5 heteroatoms. The quantitative estimate of drug-likeness (QED) is 0.871. The van der Waals surface area contributed by atoms with Gasteiger partial charge in [0, 0.05) is 19.0 Å². The van der Waals surface area contributed by atoms with E-state index < -0.39 is 0 Å². The Morgan fingerprint density at radius 1 is 1.36 bits per heavy atom. The SMILES string of the molecule is CCCc1cc(C(=O)N2CCOC(c3ccccc3)C2)no1. The van der Waals surface area contributed by atoms with Crippen molar-refractivity contribution in [3.63, 3.8) is 0 Å². The Labute approximate surface area is 129 Å². The fraction of sp³-hybridized carbons (Fsp3) is 0.412. The maximum atomic E-state index is 12.5. The molecule has 1 aliphatic rings. The van der Waals surface area contributed by atoms with Gasteiger partial charge in [0.2, 0.25) is 0 Å². The van der Waals surface area contributed by atoms with Crippen LogP contribution in [0.5, 0.6) is 0 Å². The number of carbonyl (C=O) groups is 1. The second-order valence-corrected chi connectivity index (χ2v) is 5.45. The monoisotopic (exact) mass is 300 g/mol. The van der Waals surface area contributed by atoms with E-state index in [4.69, 9.17) is 9.26 Å². The fourth-order valence-electron chi connectivity index (χ4n) is 2.64. The third-order valence-corrected chi connectivity index (χ3v) is 3.80. The molecule has 116 valence electrons. The molecule has 0 aliphatic carbocycles. The summed E-state index contributed by atoms with van der Waals surface area (Å²) >= 11 is 0. The van der Waals surface area contributed by atoms with Gasteiger partial charge in [-0.25, -0.2) is 0 Å². The van der Waals surface area contributed by atoms with E-state index in [0.29, 0.717) is 25.4 Å². The molecular weight excluding hydrogens is 280 g/mol. The lowest BCUT2D eigenvalue weighted by atomic mass is 10.1. The summed E-state index contributed by atoms with van der Waals surface area (Å²) < 4.78 is 11.0. The highest BCUT2D eigenvalue weighted by Crippen LogP contribution is 2.23. The number of hydrogen-bond donors (Lipinski definition) is 0. The van der Waals surface area contributed by atoms with Crippen LogP contribution in [0.25, 0.3) is 0 Å². The van der Waals surface area contributed by atoms with Gasteiger partial charge in [0.25, 0.3) is 5.91 Å². The van der Waals surface area contributed by atoms with E-state index in [-0.39, 0.29) is 12.0 Å². The number of benzene rings is 1. The number of nitrogens with zero attached hydrogens (tertiary/aromatic N) is 2. The third kappa shape index (κ3) is 3.20. The lowest BCUT2D eigenvalue weighted by Gasteiger charge is -2.32. The third-order valence-electron chi connectivity index (χ3n) is 3.80. The number of aromatic nitrogens is 1. The average molecular weight is 300 g/mol. The zero-order valence-corrected chi connectivity index (χ0v) is 12.7. The predicted molar refractivity (Wildman–Crippen MR) is 81.5 cm³/mol. The van der Waals surface area contributed by atoms with E-state index in [9.17, 15) is 4.79 Å². The van der Waals surface area contributed by atoms with E-state index in [2.05, 4.69) is 12.1 Å². The van der Waals surface area contributed by atoms with Crippen LogP contribution in [0.1, 0.15) is 41.3 Å². The molecule has 1 fully saturated rings. The van der Waals surface area contributed by atoms with Crippen molar-refractivity contribution in [3.8, 4) is 0 Å². The van der Waals surface area contributed by atoms with Crippen LogP contribution in [-0.2, 0) is 11.2 Å². The average Bonchev–Trinajstić information content (AvgIpc) is 3.04. The Morgan fingerprint density at radius 3 is 2.95 bits per heavy atom. The van der Waals surface area contributed by atoms with E-state index >= 15 is 0 Å². The molecule has 5 nitrogen and oxygen atoms in total. The Balaban J connectivity index is 1.69. The number of aryl methyl sites for hydroxylation is 1. The molecule has 1 aliphatic heterocycles. The van der Waals surface area contributed by atoms with Crippen LogP contribution in [0.4, 0.5) is 0 Å². The predicted octanol–water partition coefficient (Wildman–Crippen LogP) is 2.84. The van der Waals surface area contributed by atoms with Crippen LogP contribution in [0.2, 0.25) is 0 Å². The highest BCUT2D eigenvalue weighted by atomic mass is 16.5. The minimum atomic E-state index is -0.0877. The van der Waals surface area contributed by atoms with E-state index in [1.165, 1.54) is 0 Å². The Bertz CT molecular complexity index is 624. The number of morpholine rings is 1. The van der Waals surface area contributed by atoms with E-state index in [1.807, 2.05) is 30.3 Å². The molecule has 1 aromatic carbocycles. The zero-order chi connectivity index (χ0) is 15.4. The molecular formula is C17H20N2O3. The Hall–Kier alpha value is -2.14. The molecule has 1 aromatic heterocycles. The molecule has 0 radical (unpaired) electrons. The molecule has 1 unspecified atom stereocenters. The minimum absolute atomic E-state index is 0.0825. The van der Waals surface area contributed by atoms with Gasteiger partial charge < -0.3 is 14.2 Å². The van der Waals surface area contributed by atoms with Crippen molar-refractivity contribution in [1.82, 2.24) is 10.1 Å². The van der Waals surface area contributed by atoms with Crippen molar-refractivity contribution < 1.29 is 14.1 Å². The van der Waals surface area contributed by atoms with Gasteiger partial charge in [-0.15, -0.1) is 0 Å². The minimum Gasteiger partial charge on any atom is -0.370 e. The summed E-state index contributed by atoms with van der Waals surface area (Å²) in [4.78, 5) is 14.3. The Kier molecular flexibility index (Phi) is 4.53.